The minimum atomic E-state index is -2.46. The van der Waals surface area contributed by atoms with Crippen LogP contribution in [0.5, 0.6) is 0 Å². The zero-order chi connectivity index (χ0) is 10.7. The topological polar surface area (TPSA) is 12.0 Å². The molecule has 78 valence electrons. The Bertz CT molecular complexity index is 307. The molecule has 1 N–H and O–H groups in total. The second-order valence-corrected chi connectivity index (χ2v) is 3.77. The molecule has 1 aromatic carbocycles. The lowest BCUT2D eigenvalue weighted by molar-refractivity contribution is 0.163. The van der Waals surface area contributed by atoms with E-state index in [9.17, 15) is 8.78 Å². The van der Waals surface area contributed by atoms with Gasteiger partial charge in [0.15, 0.2) is 0 Å². The SMILES string of the molecule is FC(F)CNc1c(Cl)cc(Cl)cc1Cl. The highest BCUT2D eigenvalue weighted by Gasteiger charge is 2.09. The van der Waals surface area contributed by atoms with Crippen molar-refractivity contribution in [1.29, 1.82) is 0 Å². The summed E-state index contributed by atoms with van der Waals surface area (Å²) in [6, 6.07) is 2.87. The fraction of sp³-hybridized carbons (Fsp3) is 0.250. The molecule has 0 bridgehead atoms. The smallest absolute Gasteiger partial charge is 0.255 e. The molecule has 6 heteroatoms. The summed E-state index contributed by atoms with van der Waals surface area (Å²) in [6.07, 6.45) is -2.46. The summed E-state index contributed by atoms with van der Waals surface area (Å²) in [6.45, 7) is -0.499. The van der Waals surface area contributed by atoms with Crippen LogP contribution in [0.1, 0.15) is 0 Å². The van der Waals surface area contributed by atoms with Gasteiger partial charge in [-0.1, -0.05) is 34.8 Å². The standard InChI is InChI=1S/C8H6Cl3F2N/c9-4-1-5(10)8(6(11)2-4)14-3-7(12)13/h1-2,7,14H,3H2. The lowest BCUT2D eigenvalue weighted by atomic mass is 10.3. The van der Waals surface area contributed by atoms with Crippen LogP contribution in [0.3, 0.4) is 0 Å². The average Bonchev–Trinajstić information content (AvgIpc) is 2.01. The molecule has 0 atom stereocenters. The second-order valence-electron chi connectivity index (χ2n) is 2.52. The molecule has 0 aliphatic carbocycles. The first-order valence-corrected chi connectivity index (χ1v) is 4.80. The average molecular weight is 260 g/mol. The summed E-state index contributed by atoms with van der Waals surface area (Å²) in [5.41, 5.74) is 0.276. The van der Waals surface area contributed by atoms with Gasteiger partial charge in [0, 0.05) is 5.02 Å². The van der Waals surface area contributed by atoms with Gasteiger partial charge in [-0.3, -0.25) is 0 Å². The van der Waals surface area contributed by atoms with Gasteiger partial charge in [-0.15, -0.1) is 0 Å². The summed E-state index contributed by atoms with van der Waals surface area (Å²) in [5.74, 6) is 0. The number of benzene rings is 1. The first-order valence-electron chi connectivity index (χ1n) is 3.67. The Morgan fingerprint density at radius 2 is 1.64 bits per heavy atom. The van der Waals surface area contributed by atoms with Crippen LogP contribution >= 0.6 is 34.8 Å². The number of hydrogen-bond donors (Lipinski definition) is 1. The monoisotopic (exact) mass is 259 g/mol. The molecule has 1 aromatic rings. The first-order chi connectivity index (χ1) is 6.50. The third-order valence-electron chi connectivity index (χ3n) is 1.44. The lowest BCUT2D eigenvalue weighted by Crippen LogP contribution is -2.10. The molecular weight excluding hydrogens is 254 g/mol. The van der Waals surface area contributed by atoms with Gasteiger partial charge >= 0.3 is 0 Å². The van der Waals surface area contributed by atoms with Gasteiger partial charge < -0.3 is 5.32 Å². The molecular formula is C8H6Cl3F2N. The van der Waals surface area contributed by atoms with E-state index in [1.54, 1.807) is 0 Å². The Morgan fingerprint density at radius 1 is 1.14 bits per heavy atom. The molecule has 0 fully saturated rings. The van der Waals surface area contributed by atoms with Crippen LogP contribution < -0.4 is 5.32 Å². The Balaban J connectivity index is 2.86. The summed E-state index contributed by atoms with van der Waals surface area (Å²) >= 11 is 17.1. The molecule has 0 aromatic heterocycles. The molecule has 14 heavy (non-hydrogen) atoms. The van der Waals surface area contributed by atoms with Crippen LogP contribution in [0.25, 0.3) is 0 Å². The highest BCUT2D eigenvalue weighted by molar-refractivity contribution is 6.41. The fourth-order valence-electron chi connectivity index (χ4n) is 0.890. The van der Waals surface area contributed by atoms with Gasteiger partial charge in [-0.2, -0.15) is 0 Å². The normalized spacial score (nSPS) is 10.7. The Morgan fingerprint density at radius 3 is 2.07 bits per heavy atom. The maximum absolute atomic E-state index is 11.9. The van der Waals surface area contributed by atoms with Crippen LogP contribution in [-0.4, -0.2) is 13.0 Å². The summed E-state index contributed by atoms with van der Waals surface area (Å²) in [4.78, 5) is 0. The second kappa shape index (κ2) is 5.01. The van der Waals surface area contributed by atoms with Crippen LogP contribution in [0.2, 0.25) is 15.1 Å². The van der Waals surface area contributed by atoms with Gasteiger partial charge in [0.2, 0.25) is 0 Å². The molecule has 0 amide bonds. The number of rotatable bonds is 3. The third kappa shape index (κ3) is 3.15. The summed E-state index contributed by atoms with van der Waals surface area (Å²) in [7, 11) is 0. The molecule has 0 saturated heterocycles. The van der Waals surface area contributed by atoms with E-state index in [0.29, 0.717) is 5.02 Å². The van der Waals surface area contributed by atoms with Gasteiger partial charge in [-0.05, 0) is 12.1 Å². The molecule has 1 rings (SSSR count). The van der Waals surface area contributed by atoms with Crippen LogP contribution in [0.4, 0.5) is 14.5 Å². The molecule has 0 spiro atoms. The van der Waals surface area contributed by atoms with E-state index in [0.717, 1.165) is 0 Å². The van der Waals surface area contributed by atoms with Crippen molar-refractivity contribution >= 4 is 40.5 Å². The largest absolute Gasteiger partial charge is 0.377 e. The zero-order valence-electron chi connectivity index (χ0n) is 6.83. The molecule has 1 nitrogen and oxygen atoms in total. The lowest BCUT2D eigenvalue weighted by Gasteiger charge is -2.09. The molecule has 0 aliphatic heterocycles. The van der Waals surface area contributed by atoms with Crippen LogP contribution in [0, 0.1) is 0 Å². The van der Waals surface area contributed by atoms with Crippen LogP contribution in [-0.2, 0) is 0 Å². The molecule has 0 aliphatic rings. The van der Waals surface area contributed by atoms with Gasteiger partial charge in [0.05, 0.1) is 22.3 Å². The number of anilines is 1. The van der Waals surface area contributed by atoms with Crippen molar-refractivity contribution in [2.45, 2.75) is 6.43 Å². The maximum atomic E-state index is 11.9. The quantitative estimate of drug-likeness (QED) is 0.853. The highest BCUT2D eigenvalue weighted by atomic mass is 35.5. The maximum Gasteiger partial charge on any atom is 0.255 e. The minimum Gasteiger partial charge on any atom is -0.377 e. The number of hydrogen-bond acceptors (Lipinski definition) is 1. The summed E-state index contributed by atoms with van der Waals surface area (Å²) < 4.78 is 23.8. The van der Waals surface area contributed by atoms with Crippen molar-refractivity contribution < 1.29 is 8.78 Å². The van der Waals surface area contributed by atoms with Gasteiger partial charge in [0.1, 0.15) is 0 Å². The van der Waals surface area contributed by atoms with E-state index in [1.165, 1.54) is 12.1 Å². The Kier molecular flexibility index (Phi) is 4.23. The number of halogens is 5. The van der Waals surface area contributed by atoms with Gasteiger partial charge in [-0.25, -0.2) is 8.78 Å². The van der Waals surface area contributed by atoms with Crippen LogP contribution in [0.15, 0.2) is 12.1 Å². The molecule has 0 saturated carbocycles. The summed E-state index contributed by atoms with van der Waals surface area (Å²) in [5, 5.41) is 3.25. The predicted molar refractivity (Wildman–Crippen MR) is 56.0 cm³/mol. The molecule has 0 heterocycles. The van der Waals surface area contributed by atoms with Crippen molar-refractivity contribution in [1.82, 2.24) is 0 Å². The van der Waals surface area contributed by atoms with Crippen molar-refractivity contribution in [2.24, 2.45) is 0 Å². The van der Waals surface area contributed by atoms with Gasteiger partial charge in [0.25, 0.3) is 6.43 Å². The third-order valence-corrected chi connectivity index (χ3v) is 2.25. The zero-order valence-corrected chi connectivity index (χ0v) is 9.10. The van der Waals surface area contributed by atoms with E-state index in [-0.39, 0.29) is 15.7 Å². The number of alkyl halides is 2. The van der Waals surface area contributed by atoms with Crippen molar-refractivity contribution in [3.8, 4) is 0 Å². The van der Waals surface area contributed by atoms with Crippen molar-refractivity contribution in [3.05, 3.63) is 27.2 Å². The van der Waals surface area contributed by atoms with E-state index < -0.39 is 13.0 Å². The molecule has 0 radical (unpaired) electrons. The Hall–Kier alpha value is -0.250. The molecule has 0 unspecified atom stereocenters. The highest BCUT2D eigenvalue weighted by Crippen LogP contribution is 2.33. The fourth-order valence-corrected chi connectivity index (χ4v) is 1.84. The minimum absolute atomic E-state index is 0.225. The van der Waals surface area contributed by atoms with Crippen molar-refractivity contribution in [3.63, 3.8) is 0 Å². The van der Waals surface area contributed by atoms with E-state index in [2.05, 4.69) is 5.32 Å². The van der Waals surface area contributed by atoms with E-state index in [4.69, 9.17) is 34.8 Å². The van der Waals surface area contributed by atoms with E-state index >= 15 is 0 Å². The van der Waals surface area contributed by atoms with Crippen molar-refractivity contribution in [2.75, 3.05) is 11.9 Å². The Labute approximate surface area is 95.0 Å². The first kappa shape index (κ1) is 11.8. The number of nitrogens with one attached hydrogen (secondary N) is 1. The predicted octanol–water partition coefficient (Wildman–Crippen LogP) is 4.32. The van der Waals surface area contributed by atoms with E-state index in [1.807, 2.05) is 0 Å².